The molecule has 21 heavy (non-hydrogen) atoms. The first-order chi connectivity index (χ1) is 9.95. The molecule has 5 nitrogen and oxygen atoms in total. The molecule has 1 aromatic carbocycles. The van der Waals surface area contributed by atoms with E-state index in [-0.39, 0.29) is 23.2 Å². The summed E-state index contributed by atoms with van der Waals surface area (Å²) in [6.45, 7) is 4.32. The van der Waals surface area contributed by atoms with Crippen LogP contribution >= 0.6 is 0 Å². The van der Waals surface area contributed by atoms with Gasteiger partial charge in [0.15, 0.2) is 5.84 Å². The molecule has 0 spiro atoms. The Balaban J connectivity index is 2.20. The molecule has 1 amide bonds. The highest BCUT2D eigenvalue weighted by Gasteiger charge is 2.37. The van der Waals surface area contributed by atoms with E-state index in [1.807, 2.05) is 30.3 Å². The normalized spacial score (nSPS) is 22.8. The van der Waals surface area contributed by atoms with E-state index in [0.717, 1.165) is 24.8 Å². The first-order valence-corrected chi connectivity index (χ1v) is 7.28. The molecule has 114 valence electrons. The Morgan fingerprint density at radius 3 is 2.62 bits per heavy atom. The molecule has 2 rings (SSSR count). The number of amidine groups is 1. The lowest BCUT2D eigenvalue weighted by Crippen LogP contribution is -2.46. The Hall–Kier alpha value is -2.04. The van der Waals surface area contributed by atoms with Crippen molar-refractivity contribution in [2.24, 2.45) is 16.3 Å². The molecule has 2 atom stereocenters. The third-order valence-electron chi connectivity index (χ3n) is 4.38. The van der Waals surface area contributed by atoms with Gasteiger partial charge in [0.2, 0.25) is 5.91 Å². The summed E-state index contributed by atoms with van der Waals surface area (Å²) < 4.78 is 0. The van der Waals surface area contributed by atoms with Gasteiger partial charge in [0.1, 0.15) is 5.92 Å². The Morgan fingerprint density at radius 1 is 1.43 bits per heavy atom. The van der Waals surface area contributed by atoms with Crippen molar-refractivity contribution in [2.75, 3.05) is 0 Å². The zero-order valence-corrected chi connectivity index (χ0v) is 12.5. The summed E-state index contributed by atoms with van der Waals surface area (Å²) >= 11 is 0. The highest BCUT2D eigenvalue weighted by Crippen LogP contribution is 2.37. The smallest absolute Gasteiger partial charge is 0.235 e. The molecule has 0 saturated heterocycles. The topological polar surface area (TPSA) is 87.7 Å². The van der Waals surface area contributed by atoms with Gasteiger partial charge in [0.25, 0.3) is 0 Å². The zero-order chi connectivity index (χ0) is 15.5. The Bertz CT molecular complexity index is 526. The van der Waals surface area contributed by atoms with Crippen LogP contribution in [0, 0.1) is 5.41 Å². The first-order valence-electron chi connectivity index (χ1n) is 7.28. The van der Waals surface area contributed by atoms with Crippen molar-refractivity contribution >= 4 is 11.7 Å². The molecule has 0 aromatic heterocycles. The fourth-order valence-corrected chi connectivity index (χ4v) is 3.01. The van der Waals surface area contributed by atoms with Crippen LogP contribution in [0.1, 0.15) is 44.6 Å². The lowest BCUT2D eigenvalue weighted by Gasteiger charge is -2.29. The number of amides is 1. The van der Waals surface area contributed by atoms with E-state index < -0.39 is 5.92 Å². The predicted octanol–water partition coefficient (Wildman–Crippen LogP) is 2.21. The fourth-order valence-electron chi connectivity index (χ4n) is 3.01. The highest BCUT2D eigenvalue weighted by atomic mass is 16.4. The van der Waals surface area contributed by atoms with Gasteiger partial charge in [-0.3, -0.25) is 4.79 Å². The van der Waals surface area contributed by atoms with Crippen LogP contribution in [-0.2, 0) is 4.79 Å². The van der Waals surface area contributed by atoms with Crippen LogP contribution in [-0.4, -0.2) is 23.0 Å². The van der Waals surface area contributed by atoms with Crippen molar-refractivity contribution in [1.82, 2.24) is 5.32 Å². The number of hydrogen-bond donors (Lipinski definition) is 3. The summed E-state index contributed by atoms with van der Waals surface area (Å²) in [6.07, 6.45) is 3.17. The molecule has 1 aliphatic rings. The second kappa shape index (κ2) is 6.16. The van der Waals surface area contributed by atoms with Gasteiger partial charge in [0, 0.05) is 6.04 Å². The first kappa shape index (κ1) is 15.4. The SMILES string of the molecule is CC1(C)CCCC1NC(=O)C(C(N)=NO)c1ccccc1. The number of nitrogens with two attached hydrogens (primary N) is 1. The molecule has 1 aliphatic carbocycles. The summed E-state index contributed by atoms with van der Waals surface area (Å²) in [4.78, 5) is 12.6. The molecule has 0 bridgehead atoms. The monoisotopic (exact) mass is 289 g/mol. The maximum atomic E-state index is 12.6. The lowest BCUT2D eigenvalue weighted by atomic mass is 9.86. The summed E-state index contributed by atoms with van der Waals surface area (Å²) in [7, 11) is 0. The van der Waals surface area contributed by atoms with Crippen molar-refractivity contribution in [1.29, 1.82) is 0 Å². The third kappa shape index (κ3) is 3.35. The second-order valence-corrected chi connectivity index (χ2v) is 6.31. The number of nitrogens with one attached hydrogen (secondary N) is 1. The molecule has 0 aliphatic heterocycles. The van der Waals surface area contributed by atoms with E-state index in [2.05, 4.69) is 24.3 Å². The van der Waals surface area contributed by atoms with Gasteiger partial charge in [-0.15, -0.1) is 0 Å². The predicted molar refractivity (Wildman–Crippen MR) is 82.2 cm³/mol. The number of carbonyl (C=O) groups is 1. The molecular formula is C16H23N3O2. The van der Waals surface area contributed by atoms with Crippen LogP contribution < -0.4 is 11.1 Å². The van der Waals surface area contributed by atoms with Crippen molar-refractivity contribution < 1.29 is 10.0 Å². The molecule has 1 fully saturated rings. The minimum absolute atomic E-state index is 0.0853. The number of carbonyl (C=O) groups excluding carboxylic acids is 1. The van der Waals surface area contributed by atoms with Crippen molar-refractivity contribution in [3.63, 3.8) is 0 Å². The second-order valence-electron chi connectivity index (χ2n) is 6.31. The summed E-state index contributed by atoms with van der Waals surface area (Å²) in [5, 5.41) is 15.1. The van der Waals surface area contributed by atoms with Crippen molar-refractivity contribution in [3.8, 4) is 0 Å². The van der Waals surface area contributed by atoms with Crippen LogP contribution in [0.2, 0.25) is 0 Å². The van der Waals surface area contributed by atoms with Crippen LogP contribution in [0.25, 0.3) is 0 Å². The van der Waals surface area contributed by atoms with Crippen LogP contribution in [0.3, 0.4) is 0 Å². The summed E-state index contributed by atoms with van der Waals surface area (Å²) in [5.41, 5.74) is 6.54. The quantitative estimate of drug-likeness (QED) is 0.344. The van der Waals surface area contributed by atoms with E-state index in [4.69, 9.17) is 10.9 Å². The zero-order valence-electron chi connectivity index (χ0n) is 12.5. The number of hydrogen-bond acceptors (Lipinski definition) is 3. The number of oxime groups is 1. The average Bonchev–Trinajstić information content (AvgIpc) is 2.79. The number of benzene rings is 1. The molecule has 1 aromatic rings. The molecule has 0 heterocycles. The molecular weight excluding hydrogens is 266 g/mol. The minimum Gasteiger partial charge on any atom is -0.409 e. The Labute approximate surface area is 125 Å². The summed E-state index contributed by atoms with van der Waals surface area (Å²) in [6, 6.07) is 9.27. The van der Waals surface area contributed by atoms with E-state index in [1.165, 1.54) is 0 Å². The molecule has 0 radical (unpaired) electrons. The van der Waals surface area contributed by atoms with Gasteiger partial charge in [-0.2, -0.15) is 0 Å². The van der Waals surface area contributed by atoms with Crippen LogP contribution in [0.5, 0.6) is 0 Å². The third-order valence-corrected chi connectivity index (χ3v) is 4.38. The average molecular weight is 289 g/mol. The van der Waals surface area contributed by atoms with Gasteiger partial charge in [-0.25, -0.2) is 0 Å². The van der Waals surface area contributed by atoms with Gasteiger partial charge in [-0.1, -0.05) is 55.8 Å². The number of nitrogens with zero attached hydrogens (tertiary/aromatic N) is 1. The molecule has 5 heteroatoms. The largest absolute Gasteiger partial charge is 0.409 e. The van der Waals surface area contributed by atoms with Gasteiger partial charge in [-0.05, 0) is 23.8 Å². The molecule has 1 saturated carbocycles. The van der Waals surface area contributed by atoms with E-state index >= 15 is 0 Å². The standard InChI is InChI=1S/C16H23N3O2/c1-16(2)10-6-9-12(16)18-15(20)13(14(17)19-21)11-7-4-3-5-8-11/h3-5,7-8,12-13,21H,6,9-10H2,1-2H3,(H2,17,19)(H,18,20). The Morgan fingerprint density at radius 2 is 2.10 bits per heavy atom. The lowest BCUT2D eigenvalue weighted by molar-refractivity contribution is -0.122. The van der Waals surface area contributed by atoms with Crippen LogP contribution in [0.4, 0.5) is 0 Å². The maximum absolute atomic E-state index is 12.6. The molecule has 2 unspecified atom stereocenters. The maximum Gasteiger partial charge on any atom is 0.235 e. The molecule has 4 N–H and O–H groups in total. The van der Waals surface area contributed by atoms with Crippen molar-refractivity contribution in [2.45, 2.75) is 45.1 Å². The van der Waals surface area contributed by atoms with Crippen LogP contribution in [0.15, 0.2) is 35.5 Å². The highest BCUT2D eigenvalue weighted by molar-refractivity contribution is 6.07. The van der Waals surface area contributed by atoms with Crippen molar-refractivity contribution in [3.05, 3.63) is 35.9 Å². The van der Waals surface area contributed by atoms with E-state index in [9.17, 15) is 4.79 Å². The minimum atomic E-state index is -0.757. The van der Waals surface area contributed by atoms with Gasteiger partial charge >= 0.3 is 0 Å². The van der Waals surface area contributed by atoms with E-state index in [0.29, 0.717) is 0 Å². The van der Waals surface area contributed by atoms with E-state index in [1.54, 1.807) is 0 Å². The fraction of sp³-hybridized carbons (Fsp3) is 0.500. The Kier molecular flexibility index (Phi) is 4.50. The van der Waals surface area contributed by atoms with Gasteiger partial charge in [0.05, 0.1) is 0 Å². The van der Waals surface area contributed by atoms with Gasteiger partial charge < -0.3 is 16.3 Å². The number of rotatable bonds is 4. The summed E-state index contributed by atoms with van der Waals surface area (Å²) in [5.74, 6) is -1.06.